The fourth-order valence-corrected chi connectivity index (χ4v) is 3.41. The minimum atomic E-state index is -1.02. The van der Waals surface area contributed by atoms with Gasteiger partial charge in [-0.05, 0) is 42.0 Å². The summed E-state index contributed by atoms with van der Waals surface area (Å²) < 4.78 is 5.26. The number of aromatic carboxylic acids is 1. The van der Waals surface area contributed by atoms with Crippen LogP contribution in [0.15, 0.2) is 72.9 Å². The molecule has 6 nitrogen and oxygen atoms in total. The molecule has 0 spiro atoms. The number of benzene rings is 3. The van der Waals surface area contributed by atoms with Crippen molar-refractivity contribution in [1.82, 2.24) is 4.98 Å². The molecule has 4 rings (SSSR count). The Balaban J connectivity index is 1.62. The van der Waals surface area contributed by atoms with Crippen LogP contribution < -0.4 is 10.1 Å². The summed E-state index contributed by atoms with van der Waals surface area (Å²) in [6.45, 7) is 0. The number of aromatic nitrogens is 1. The lowest BCUT2D eigenvalue weighted by atomic mass is 10.00. The van der Waals surface area contributed by atoms with Crippen molar-refractivity contribution in [3.63, 3.8) is 0 Å². The fourth-order valence-electron chi connectivity index (χ4n) is 3.41. The smallest absolute Gasteiger partial charge is 0.335 e. The number of hydrogen-bond acceptors (Lipinski definition) is 4. The van der Waals surface area contributed by atoms with Crippen LogP contribution in [0.1, 0.15) is 26.3 Å². The molecule has 0 bridgehead atoms. The van der Waals surface area contributed by atoms with Crippen LogP contribution in [0, 0.1) is 0 Å². The average molecular weight is 400 g/mol. The summed E-state index contributed by atoms with van der Waals surface area (Å²) in [5.74, 6) is -0.380. The van der Waals surface area contributed by atoms with E-state index < -0.39 is 5.97 Å². The van der Waals surface area contributed by atoms with Crippen molar-refractivity contribution in [3.8, 4) is 5.75 Å². The Kier molecular flexibility index (Phi) is 5.22. The molecule has 0 saturated heterocycles. The van der Waals surface area contributed by atoms with Gasteiger partial charge in [0, 0.05) is 46.5 Å². The van der Waals surface area contributed by atoms with Gasteiger partial charge in [0.05, 0.1) is 12.7 Å². The lowest BCUT2D eigenvalue weighted by Crippen LogP contribution is -2.06. The Morgan fingerprint density at radius 2 is 1.87 bits per heavy atom. The van der Waals surface area contributed by atoms with Crippen molar-refractivity contribution in [1.29, 1.82) is 0 Å². The molecule has 6 heteroatoms. The number of Topliss-reactive ketones (excluding diaryl/α,β-unsaturated/α-hetero) is 1. The van der Waals surface area contributed by atoms with Crippen LogP contribution in [0.5, 0.6) is 5.75 Å². The van der Waals surface area contributed by atoms with Gasteiger partial charge in [-0.25, -0.2) is 4.79 Å². The van der Waals surface area contributed by atoms with Crippen molar-refractivity contribution in [3.05, 3.63) is 89.6 Å². The number of carboxylic acids is 1. The highest BCUT2D eigenvalue weighted by Crippen LogP contribution is 2.26. The van der Waals surface area contributed by atoms with Crippen molar-refractivity contribution >= 4 is 34.0 Å². The van der Waals surface area contributed by atoms with Gasteiger partial charge in [-0.3, -0.25) is 4.79 Å². The first kappa shape index (κ1) is 19.3. The monoisotopic (exact) mass is 400 g/mol. The van der Waals surface area contributed by atoms with Gasteiger partial charge in [0.15, 0.2) is 5.78 Å². The van der Waals surface area contributed by atoms with Crippen LogP contribution >= 0.6 is 0 Å². The number of hydrogen-bond donors (Lipinski definition) is 3. The number of anilines is 2. The molecule has 0 aliphatic rings. The molecule has 0 radical (unpaired) electrons. The molecule has 0 atom stereocenters. The summed E-state index contributed by atoms with van der Waals surface area (Å²) in [6.07, 6.45) is 1.81. The van der Waals surface area contributed by atoms with E-state index in [4.69, 9.17) is 4.74 Å². The second-order valence-electron chi connectivity index (χ2n) is 6.88. The van der Waals surface area contributed by atoms with E-state index in [0.717, 1.165) is 28.2 Å². The van der Waals surface area contributed by atoms with E-state index in [1.807, 2.05) is 48.5 Å². The molecule has 1 aromatic heterocycles. The van der Waals surface area contributed by atoms with Gasteiger partial charge in [-0.1, -0.05) is 24.3 Å². The molecule has 0 amide bonds. The average Bonchev–Trinajstić information content (AvgIpc) is 3.18. The highest BCUT2D eigenvalue weighted by molar-refractivity contribution is 6.10. The Morgan fingerprint density at radius 3 is 2.67 bits per heavy atom. The zero-order chi connectivity index (χ0) is 21.1. The standard InChI is InChI=1S/C24H20N2O4/c1-30-18-7-4-6-17(13-18)26-21-8-3-2-5-15(21)12-23(27)20-14-25-22-10-9-16(24(28)29)11-19(20)22/h2-11,13-14,25-26H,12H2,1H3,(H,28,29). The largest absolute Gasteiger partial charge is 0.497 e. The van der Waals surface area contributed by atoms with E-state index >= 15 is 0 Å². The first-order valence-corrected chi connectivity index (χ1v) is 9.42. The fraction of sp³-hybridized carbons (Fsp3) is 0.0833. The highest BCUT2D eigenvalue weighted by Gasteiger charge is 2.16. The summed E-state index contributed by atoms with van der Waals surface area (Å²) in [7, 11) is 1.61. The van der Waals surface area contributed by atoms with Gasteiger partial charge in [0.2, 0.25) is 0 Å². The van der Waals surface area contributed by atoms with Gasteiger partial charge < -0.3 is 20.1 Å². The second kappa shape index (κ2) is 8.13. The van der Waals surface area contributed by atoms with E-state index in [2.05, 4.69) is 10.3 Å². The maximum Gasteiger partial charge on any atom is 0.335 e. The Hall–Kier alpha value is -4.06. The van der Waals surface area contributed by atoms with Crippen molar-refractivity contribution in [2.75, 3.05) is 12.4 Å². The van der Waals surface area contributed by atoms with E-state index in [0.29, 0.717) is 10.9 Å². The number of methoxy groups -OCH3 is 1. The summed E-state index contributed by atoms with van der Waals surface area (Å²) in [5, 5.41) is 13.2. The minimum absolute atomic E-state index is 0.0938. The molecule has 4 aromatic rings. The van der Waals surface area contributed by atoms with E-state index in [9.17, 15) is 14.7 Å². The second-order valence-corrected chi connectivity index (χ2v) is 6.88. The normalized spacial score (nSPS) is 10.7. The van der Waals surface area contributed by atoms with Gasteiger partial charge in [0.1, 0.15) is 5.75 Å². The summed E-state index contributed by atoms with van der Waals surface area (Å²) in [6, 6.07) is 19.9. The van der Waals surface area contributed by atoms with Crippen LogP contribution in [-0.2, 0) is 6.42 Å². The third kappa shape index (κ3) is 3.89. The number of ether oxygens (including phenoxy) is 1. The number of fused-ring (bicyclic) bond motifs is 1. The molecule has 0 aliphatic heterocycles. The van der Waals surface area contributed by atoms with Crippen LogP contribution in [0.2, 0.25) is 0 Å². The molecule has 30 heavy (non-hydrogen) atoms. The number of ketones is 1. The third-order valence-electron chi connectivity index (χ3n) is 4.95. The van der Waals surface area contributed by atoms with Gasteiger partial charge in [-0.2, -0.15) is 0 Å². The predicted octanol–water partition coefficient (Wildman–Crippen LogP) is 5.04. The quantitative estimate of drug-likeness (QED) is 0.378. The first-order valence-electron chi connectivity index (χ1n) is 9.42. The van der Waals surface area contributed by atoms with Crippen LogP contribution in [0.4, 0.5) is 11.4 Å². The molecule has 0 aliphatic carbocycles. The van der Waals surface area contributed by atoms with Crippen LogP contribution in [-0.4, -0.2) is 29.0 Å². The Labute approximate surface area is 173 Å². The van der Waals surface area contributed by atoms with E-state index in [-0.39, 0.29) is 17.8 Å². The number of carboxylic acid groups (broad SMARTS) is 1. The number of para-hydroxylation sites is 1. The van der Waals surface area contributed by atoms with Crippen molar-refractivity contribution in [2.45, 2.75) is 6.42 Å². The Bertz CT molecular complexity index is 1240. The molecular weight excluding hydrogens is 380 g/mol. The number of carbonyl (C=O) groups excluding carboxylic acids is 1. The zero-order valence-electron chi connectivity index (χ0n) is 16.3. The van der Waals surface area contributed by atoms with Gasteiger partial charge >= 0.3 is 5.97 Å². The van der Waals surface area contributed by atoms with Gasteiger partial charge in [0.25, 0.3) is 0 Å². The minimum Gasteiger partial charge on any atom is -0.497 e. The SMILES string of the molecule is COc1cccc(Nc2ccccc2CC(=O)c2c[nH]c3ccc(C(=O)O)cc23)c1. The molecule has 0 fully saturated rings. The van der Waals surface area contributed by atoms with Crippen molar-refractivity contribution in [2.24, 2.45) is 0 Å². The van der Waals surface area contributed by atoms with Crippen molar-refractivity contribution < 1.29 is 19.4 Å². The highest BCUT2D eigenvalue weighted by atomic mass is 16.5. The zero-order valence-corrected chi connectivity index (χ0v) is 16.3. The molecule has 150 valence electrons. The lowest BCUT2D eigenvalue weighted by Gasteiger charge is -2.12. The molecule has 3 aromatic carbocycles. The number of H-pyrrole nitrogens is 1. The summed E-state index contributed by atoms with van der Waals surface area (Å²) >= 11 is 0. The predicted molar refractivity (Wildman–Crippen MR) is 116 cm³/mol. The molecular formula is C24H20N2O4. The molecule has 3 N–H and O–H groups in total. The molecule has 0 saturated carbocycles. The van der Waals surface area contributed by atoms with E-state index in [1.54, 1.807) is 19.4 Å². The maximum absolute atomic E-state index is 13.1. The topological polar surface area (TPSA) is 91.4 Å². The van der Waals surface area contributed by atoms with E-state index in [1.165, 1.54) is 12.1 Å². The molecule has 0 unspecified atom stereocenters. The number of carbonyl (C=O) groups is 2. The number of rotatable bonds is 7. The maximum atomic E-state index is 13.1. The molecule has 1 heterocycles. The lowest BCUT2D eigenvalue weighted by molar-refractivity contribution is 0.0696. The first-order chi connectivity index (χ1) is 14.5. The summed E-state index contributed by atoms with van der Waals surface area (Å²) in [5.41, 5.74) is 3.87. The number of aromatic amines is 1. The number of nitrogens with one attached hydrogen (secondary N) is 2. The van der Waals surface area contributed by atoms with Gasteiger partial charge in [-0.15, -0.1) is 0 Å². The third-order valence-corrected chi connectivity index (χ3v) is 4.95. The Morgan fingerprint density at radius 1 is 1.03 bits per heavy atom. The summed E-state index contributed by atoms with van der Waals surface area (Å²) in [4.78, 5) is 27.4. The van der Waals surface area contributed by atoms with Crippen LogP contribution in [0.3, 0.4) is 0 Å². The van der Waals surface area contributed by atoms with Crippen LogP contribution in [0.25, 0.3) is 10.9 Å².